The van der Waals surface area contributed by atoms with Gasteiger partial charge in [0, 0.05) is 18.9 Å². The SMILES string of the molecule is CCNc1ccncc1S(=O)(=O)Nc1ccc(F)c(Cl)c1. The lowest BCUT2D eigenvalue weighted by molar-refractivity contribution is 0.601. The summed E-state index contributed by atoms with van der Waals surface area (Å²) in [6.45, 7) is 2.42. The van der Waals surface area contributed by atoms with Crippen LogP contribution in [0, 0.1) is 5.82 Å². The fraction of sp³-hybridized carbons (Fsp3) is 0.154. The maximum Gasteiger partial charge on any atom is 0.265 e. The topological polar surface area (TPSA) is 71.1 Å². The monoisotopic (exact) mass is 329 g/mol. The van der Waals surface area contributed by atoms with Crippen molar-refractivity contribution in [3.8, 4) is 0 Å². The molecule has 0 amide bonds. The highest BCUT2D eigenvalue weighted by Gasteiger charge is 2.19. The van der Waals surface area contributed by atoms with Crippen LogP contribution < -0.4 is 10.0 Å². The van der Waals surface area contributed by atoms with Crippen LogP contribution in [0.1, 0.15) is 6.92 Å². The highest BCUT2D eigenvalue weighted by molar-refractivity contribution is 7.92. The molecule has 0 saturated carbocycles. The summed E-state index contributed by atoms with van der Waals surface area (Å²) < 4.78 is 40.2. The summed E-state index contributed by atoms with van der Waals surface area (Å²) in [6.07, 6.45) is 2.73. The Morgan fingerprint density at radius 2 is 2.10 bits per heavy atom. The van der Waals surface area contributed by atoms with Gasteiger partial charge in [-0.25, -0.2) is 12.8 Å². The Balaban J connectivity index is 2.36. The van der Waals surface area contributed by atoms with Crippen molar-refractivity contribution < 1.29 is 12.8 Å². The van der Waals surface area contributed by atoms with Gasteiger partial charge in [0.1, 0.15) is 10.7 Å². The number of halogens is 2. The molecule has 0 spiro atoms. The molecule has 0 aliphatic heterocycles. The van der Waals surface area contributed by atoms with Crippen LogP contribution in [0.2, 0.25) is 5.02 Å². The first-order valence-electron chi connectivity index (χ1n) is 6.10. The standard InChI is InChI=1S/C13H13ClFN3O2S/c1-2-17-12-5-6-16-8-13(12)21(19,20)18-9-3-4-11(15)10(14)7-9/h3-8,18H,2H2,1H3,(H,16,17). The molecule has 0 aliphatic carbocycles. The van der Waals surface area contributed by atoms with Crippen molar-refractivity contribution >= 4 is 33.0 Å². The maximum absolute atomic E-state index is 13.1. The van der Waals surface area contributed by atoms with E-state index < -0.39 is 15.8 Å². The average Bonchev–Trinajstić information content (AvgIpc) is 2.43. The fourth-order valence-corrected chi connectivity index (χ4v) is 3.06. The van der Waals surface area contributed by atoms with Gasteiger partial charge in [-0.2, -0.15) is 0 Å². The van der Waals surface area contributed by atoms with E-state index in [2.05, 4.69) is 15.0 Å². The molecule has 8 heteroatoms. The van der Waals surface area contributed by atoms with E-state index in [4.69, 9.17) is 11.6 Å². The summed E-state index contributed by atoms with van der Waals surface area (Å²) in [5.41, 5.74) is 0.612. The summed E-state index contributed by atoms with van der Waals surface area (Å²) in [7, 11) is -3.85. The lowest BCUT2D eigenvalue weighted by Gasteiger charge is -2.12. The van der Waals surface area contributed by atoms with Crippen LogP contribution in [0.25, 0.3) is 0 Å². The van der Waals surface area contributed by atoms with Gasteiger partial charge in [-0.1, -0.05) is 11.6 Å². The first-order valence-corrected chi connectivity index (χ1v) is 7.96. The van der Waals surface area contributed by atoms with Gasteiger partial charge in [0.15, 0.2) is 0 Å². The number of nitrogens with zero attached hydrogens (tertiary/aromatic N) is 1. The van der Waals surface area contributed by atoms with E-state index in [9.17, 15) is 12.8 Å². The van der Waals surface area contributed by atoms with Crippen molar-refractivity contribution in [3.63, 3.8) is 0 Å². The van der Waals surface area contributed by atoms with Gasteiger partial charge >= 0.3 is 0 Å². The van der Waals surface area contributed by atoms with Crippen molar-refractivity contribution in [3.05, 3.63) is 47.5 Å². The minimum atomic E-state index is -3.85. The van der Waals surface area contributed by atoms with Crippen LogP contribution in [-0.2, 0) is 10.0 Å². The van der Waals surface area contributed by atoms with E-state index in [0.29, 0.717) is 12.2 Å². The van der Waals surface area contributed by atoms with E-state index >= 15 is 0 Å². The predicted octanol–water partition coefficient (Wildman–Crippen LogP) is 3.11. The Morgan fingerprint density at radius 1 is 1.33 bits per heavy atom. The van der Waals surface area contributed by atoms with Crippen LogP contribution in [-0.4, -0.2) is 19.9 Å². The first-order chi connectivity index (χ1) is 9.94. The molecule has 0 aliphatic rings. The van der Waals surface area contributed by atoms with Crippen molar-refractivity contribution in [1.29, 1.82) is 0 Å². The summed E-state index contributed by atoms with van der Waals surface area (Å²) >= 11 is 5.64. The van der Waals surface area contributed by atoms with Crippen molar-refractivity contribution in [2.45, 2.75) is 11.8 Å². The Bertz CT molecular complexity index is 753. The summed E-state index contributed by atoms with van der Waals surface area (Å²) in [5.74, 6) is -0.616. The van der Waals surface area contributed by atoms with Crippen molar-refractivity contribution in [2.75, 3.05) is 16.6 Å². The maximum atomic E-state index is 13.1. The van der Waals surface area contributed by atoms with E-state index in [-0.39, 0.29) is 15.6 Å². The minimum absolute atomic E-state index is 0.00676. The number of aromatic nitrogens is 1. The van der Waals surface area contributed by atoms with Gasteiger partial charge in [-0.05, 0) is 31.2 Å². The second-order valence-corrected chi connectivity index (χ2v) is 6.19. The lowest BCUT2D eigenvalue weighted by atomic mass is 10.3. The van der Waals surface area contributed by atoms with Crippen LogP contribution >= 0.6 is 11.6 Å². The zero-order chi connectivity index (χ0) is 15.5. The average molecular weight is 330 g/mol. The van der Waals surface area contributed by atoms with Gasteiger partial charge in [-0.15, -0.1) is 0 Å². The minimum Gasteiger partial charge on any atom is -0.384 e. The predicted molar refractivity (Wildman–Crippen MR) is 80.6 cm³/mol. The smallest absolute Gasteiger partial charge is 0.265 e. The molecule has 2 N–H and O–H groups in total. The molecule has 0 fully saturated rings. The number of sulfonamides is 1. The molecule has 112 valence electrons. The van der Waals surface area contributed by atoms with Gasteiger partial charge in [-0.3, -0.25) is 9.71 Å². The number of hydrogen-bond donors (Lipinski definition) is 2. The molecule has 2 rings (SSSR count). The number of rotatable bonds is 5. The molecule has 1 aromatic carbocycles. The van der Waals surface area contributed by atoms with Crippen LogP contribution in [0.15, 0.2) is 41.6 Å². The lowest BCUT2D eigenvalue weighted by Crippen LogP contribution is -2.15. The number of nitrogens with one attached hydrogen (secondary N) is 2. The molecule has 0 atom stereocenters. The molecule has 2 aromatic rings. The Labute approximate surface area is 127 Å². The van der Waals surface area contributed by atoms with Gasteiger partial charge < -0.3 is 5.32 Å². The summed E-state index contributed by atoms with van der Waals surface area (Å²) in [5, 5.41) is 2.78. The molecule has 0 saturated heterocycles. The third-order valence-corrected chi connectivity index (χ3v) is 4.31. The Morgan fingerprint density at radius 3 is 2.76 bits per heavy atom. The van der Waals surface area contributed by atoms with Gasteiger partial charge in [0.05, 0.1) is 16.4 Å². The molecule has 0 bridgehead atoms. The zero-order valence-corrected chi connectivity index (χ0v) is 12.7. The van der Waals surface area contributed by atoms with E-state index in [1.807, 2.05) is 6.92 Å². The van der Waals surface area contributed by atoms with Gasteiger partial charge in [0.2, 0.25) is 0 Å². The number of anilines is 2. The first kappa shape index (κ1) is 15.5. The van der Waals surface area contributed by atoms with E-state index in [1.165, 1.54) is 24.5 Å². The zero-order valence-electron chi connectivity index (χ0n) is 11.1. The highest BCUT2D eigenvalue weighted by Crippen LogP contribution is 2.25. The number of hydrogen-bond acceptors (Lipinski definition) is 4. The molecule has 21 heavy (non-hydrogen) atoms. The highest BCUT2D eigenvalue weighted by atomic mass is 35.5. The molecule has 1 heterocycles. The fourth-order valence-electron chi connectivity index (χ4n) is 1.70. The van der Waals surface area contributed by atoms with Crippen molar-refractivity contribution in [1.82, 2.24) is 4.98 Å². The van der Waals surface area contributed by atoms with Crippen LogP contribution in [0.4, 0.5) is 15.8 Å². The van der Waals surface area contributed by atoms with Crippen molar-refractivity contribution in [2.24, 2.45) is 0 Å². The molecule has 0 radical (unpaired) electrons. The second kappa shape index (κ2) is 6.28. The number of benzene rings is 1. The Hall–Kier alpha value is -1.86. The molecule has 0 unspecified atom stereocenters. The van der Waals surface area contributed by atoms with Crippen LogP contribution in [0.5, 0.6) is 0 Å². The third kappa shape index (κ3) is 3.62. The third-order valence-electron chi connectivity index (χ3n) is 2.61. The number of pyridine rings is 1. The quantitative estimate of drug-likeness (QED) is 0.884. The summed E-state index contributed by atoms with van der Waals surface area (Å²) in [4.78, 5) is 3.83. The molecule has 5 nitrogen and oxygen atoms in total. The normalized spacial score (nSPS) is 11.2. The largest absolute Gasteiger partial charge is 0.384 e. The second-order valence-electron chi connectivity index (χ2n) is 4.14. The molecular formula is C13H13ClFN3O2S. The van der Waals surface area contributed by atoms with Gasteiger partial charge in [0.25, 0.3) is 10.0 Å². The van der Waals surface area contributed by atoms with E-state index in [0.717, 1.165) is 6.07 Å². The van der Waals surface area contributed by atoms with Crippen LogP contribution in [0.3, 0.4) is 0 Å². The summed E-state index contributed by atoms with van der Waals surface area (Å²) in [6, 6.07) is 5.16. The Kier molecular flexibility index (Phi) is 4.64. The molecule has 1 aromatic heterocycles. The van der Waals surface area contributed by atoms with E-state index in [1.54, 1.807) is 6.07 Å². The molecular weight excluding hydrogens is 317 g/mol.